The highest BCUT2D eigenvalue weighted by Gasteiger charge is 2.23. The minimum atomic E-state index is -0.184. The Morgan fingerprint density at radius 1 is 1.31 bits per heavy atom. The first-order valence-corrected chi connectivity index (χ1v) is 5.87. The standard InChI is InChI=1S/C13H19NO2/c1-14-9-7-12-8-10-15-13(16-12)11-5-3-2-4-6-11/h2-6,12-14H,7-10H2,1H3/t12-,13+/m1/s1. The van der Waals surface area contributed by atoms with Crippen molar-refractivity contribution in [3.63, 3.8) is 0 Å². The Labute approximate surface area is 96.8 Å². The van der Waals surface area contributed by atoms with Crippen molar-refractivity contribution in [2.75, 3.05) is 20.2 Å². The summed E-state index contributed by atoms with van der Waals surface area (Å²) in [6.45, 7) is 1.78. The van der Waals surface area contributed by atoms with Gasteiger partial charge in [0.15, 0.2) is 6.29 Å². The summed E-state index contributed by atoms with van der Waals surface area (Å²) in [6.07, 6.45) is 2.16. The third-order valence-electron chi connectivity index (χ3n) is 2.81. The molecule has 0 bridgehead atoms. The van der Waals surface area contributed by atoms with Crippen LogP contribution in [0.1, 0.15) is 24.7 Å². The van der Waals surface area contributed by atoms with Crippen molar-refractivity contribution in [3.8, 4) is 0 Å². The van der Waals surface area contributed by atoms with Crippen LogP contribution in [0.2, 0.25) is 0 Å². The smallest absolute Gasteiger partial charge is 0.184 e. The van der Waals surface area contributed by atoms with Gasteiger partial charge in [-0.15, -0.1) is 0 Å². The SMILES string of the molecule is CNCC[C@@H]1CCO[C@H](c2ccccc2)O1. The average Bonchev–Trinajstić information content (AvgIpc) is 2.38. The third kappa shape index (κ3) is 3.04. The lowest BCUT2D eigenvalue weighted by Crippen LogP contribution is -2.29. The van der Waals surface area contributed by atoms with Crippen LogP contribution in [0.4, 0.5) is 0 Å². The Bertz CT molecular complexity index is 302. The molecule has 3 nitrogen and oxygen atoms in total. The lowest BCUT2D eigenvalue weighted by Gasteiger charge is -2.30. The van der Waals surface area contributed by atoms with E-state index in [-0.39, 0.29) is 6.29 Å². The van der Waals surface area contributed by atoms with E-state index in [1.807, 2.05) is 37.4 Å². The van der Waals surface area contributed by atoms with E-state index >= 15 is 0 Å². The van der Waals surface area contributed by atoms with Gasteiger partial charge in [0.2, 0.25) is 0 Å². The molecule has 1 fully saturated rings. The van der Waals surface area contributed by atoms with E-state index in [9.17, 15) is 0 Å². The molecule has 3 heteroatoms. The number of ether oxygens (including phenoxy) is 2. The number of hydrogen-bond acceptors (Lipinski definition) is 3. The second-order valence-electron chi connectivity index (χ2n) is 4.05. The highest BCUT2D eigenvalue weighted by Crippen LogP contribution is 2.26. The highest BCUT2D eigenvalue weighted by molar-refractivity contribution is 5.16. The zero-order valence-electron chi connectivity index (χ0n) is 9.69. The summed E-state index contributed by atoms with van der Waals surface area (Å²) in [4.78, 5) is 0. The minimum absolute atomic E-state index is 0.184. The van der Waals surface area contributed by atoms with Crippen LogP contribution in [0, 0.1) is 0 Å². The molecule has 1 heterocycles. The summed E-state index contributed by atoms with van der Waals surface area (Å²) in [7, 11) is 1.97. The number of hydrogen-bond donors (Lipinski definition) is 1. The van der Waals surface area contributed by atoms with Crippen molar-refractivity contribution in [2.45, 2.75) is 25.2 Å². The summed E-state index contributed by atoms with van der Waals surface area (Å²) in [5, 5.41) is 3.15. The maximum atomic E-state index is 5.91. The van der Waals surface area contributed by atoms with Crippen molar-refractivity contribution in [3.05, 3.63) is 35.9 Å². The molecule has 1 aliphatic rings. The molecule has 2 atom stereocenters. The molecule has 0 unspecified atom stereocenters. The van der Waals surface area contributed by atoms with E-state index in [1.165, 1.54) is 0 Å². The molecule has 2 rings (SSSR count). The normalized spacial score (nSPS) is 25.6. The maximum Gasteiger partial charge on any atom is 0.184 e. The van der Waals surface area contributed by atoms with E-state index in [4.69, 9.17) is 9.47 Å². The van der Waals surface area contributed by atoms with Crippen molar-refractivity contribution in [1.82, 2.24) is 5.32 Å². The van der Waals surface area contributed by atoms with Crippen LogP contribution in [-0.4, -0.2) is 26.3 Å². The van der Waals surface area contributed by atoms with Crippen LogP contribution in [0.5, 0.6) is 0 Å². The highest BCUT2D eigenvalue weighted by atomic mass is 16.7. The molecule has 0 spiro atoms. The van der Waals surface area contributed by atoms with Gasteiger partial charge in [0.25, 0.3) is 0 Å². The van der Waals surface area contributed by atoms with E-state index in [2.05, 4.69) is 5.32 Å². The van der Waals surface area contributed by atoms with Gasteiger partial charge in [0.1, 0.15) is 0 Å². The van der Waals surface area contributed by atoms with Crippen LogP contribution in [0.15, 0.2) is 30.3 Å². The molecule has 1 N–H and O–H groups in total. The molecular weight excluding hydrogens is 202 g/mol. The second kappa shape index (κ2) is 5.99. The van der Waals surface area contributed by atoms with Crippen LogP contribution >= 0.6 is 0 Å². The lowest BCUT2D eigenvalue weighted by molar-refractivity contribution is -0.218. The summed E-state index contributed by atoms with van der Waals surface area (Å²) in [5.41, 5.74) is 1.11. The van der Waals surface area contributed by atoms with Crippen molar-refractivity contribution in [1.29, 1.82) is 0 Å². The minimum Gasteiger partial charge on any atom is -0.348 e. The Balaban J connectivity index is 1.91. The van der Waals surface area contributed by atoms with E-state index in [0.717, 1.165) is 31.6 Å². The van der Waals surface area contributed by atoms with Crippen molar-refractivity contribution < 1.29 is 9.47 Å². The fourth-order valence-corrected chi connectivity index (χ4v) is 1.89. The number of rotatable bonds is 4. The van der Waals surface area contributed by atoms with Crippen molar-refractivity contribution in [2.24, 2.45) is 0 Å². The van der Waals surface area contributed by atoms with Gasteiger partial charge in [-0.3, -0.25) is 0 Å². The fourth-order valence-electron chi connectivity index (χ4n) is 1.89. The average molecular weight is 221 g/mol. The Morgan fingerprint density at radius 3 is 2.88 bits per heavy atom. The van der Waals surface area contributed by atoms with Gasteiger partial charge in [0.05, 0.1) is 12.7 Å². The van der Waals surface area contributed by atoms with Crippen LogP contribution in [0.25, 0.3) is 0 Å². The quantitative estimate of drug-likeness (QED) is 0.844. The first-order chi connectivity index (χ1) is 7.90. The van der Waals surface area contributed by atoms with Crippen LogP contribution < -0.4 is 5.32 Å². The molecule has 0 saturated carbocycles. The fraction of sp³-hybridized carbons (Fsp3) is 0.538. The molecular formula is C13H19NO2. The van der Waals surface area contributed by atoms with Gasteiger partial charge >= 0.3 is 0 Å². The molecule has 88 valence electrons. The van der Waals surface area contributed by atoms with Gasteiger partial charge in [-0.2, -0.15) is 0 Å². The molecule has 0 aliphatic carbocycles. The van der Waals surface area contributed by atoms with Gasteiger partial charge < -0.3 is 14.8 Å². The summed E-state index contributed by atoms with van der Waals surface area (Å²) < 4.78 is 11.5. The summed E-state index contributed by atoms with van der Waals surface area (Å²) in [5.74, 6) is 0. The van der Waals surface area contributed by atoms with E-state index in [0.29, 0.717) is 6.10 Å². The summed E-state index contributed by atoms with van der Waals surface area (Å²) >= 11 is 0. The predicted octanol–water partition coefficient (Wildman–Crippen LogP) is 2.10. The molecule has 0 amide bonds. The maximum absolute atomic E-state index is 5.91. The Morgan fingerprint density at radius 2 is 2.12 bits per heavy atom. The molecule has 16 heavy (non-hydrogen) atoms. The molecule has 1 aromatic rings. The van der Waals surface area contributed by atoms with Crippen LogP contribution in [-0.2, 0) is 9.47 Å². The molecule has 1 aliphatic heterocycles. The van der Waals surface area contributed by atoms with Gasteiger partial charge in [-0.1, -0.05) is 30.3 Å². The zero-order chi connectivity index (χ0) is 11.2. The number of benzene rings is 1. The molecule has 0 aromatic heterocycles. The van der Waals surface area contributed by atoms with Gasteiger partial charge in [-0.25, -0.2) is 0 Å². The van der Waals surface area contributed by atoms with E-state index < -0.39 is 0 Å². The summed E-state index contributed by atoms with van der Waals surface area (Å²) in [6, 6.07) is 10.1. The third-order valence-corrected chi connectivity index (χ3v) is 2.81. The Hall–Kier alpha value is -0.900. The predicted molar refractivity (Wildman–Crippen MR) is 63.2 cm³/mol. The van der Waals surface area contributed by atoms with E-state index in [1.54, 1.807) is 0 Å². The second-order valence-corrected chi connectivity index (χ2v) is 4.05. The van der Waals surface area contributed by atoms with Gasteiger partial charge in [0, 0.05) is 5.56 Å². The zero-order valence-corrected chi connectivity index (χ0v) is 9.69. The largest absolute Gasteiger partial charge is 0.348 e. The molecule has 0 radical (unpaired) electrons. The lowest BCUT2D eigenvalue weighted by atomic mass is 10.1. The molecule has 1 aromatic carbocycles. The topological polar surface area (TPSA) is 30.5 Å². The first kappa shape index (κ1) is 11.6. The first-order valence-electron chi connectivity index (χ1n) is 5.87. The molecule has 1 saturated heterocycles. The monoisotopic (exact) mass is 221 g/mol. The number of nitrogens with one attached hydrogen (secondary N) is 1. The van der Waals surface area contributed by atoms with Gasteiger partial charge in [-0.05, 0) is 26.4 Å². The van der Waals surface area contributed by atoms with Crippen LogP contribution in [0.3, 0.4) is 0 Å². The Kier molecular flexibility index (Phi) is 4.34. The van der Waals surface area contributed by atoms with Crippen molar-refractivity contribution >= 4 is 0 Å².